The number of anilines is 1. The highest BCUT2D eigenvalue weighted by atomic mass is 16.3. The van der Waals surface area contributed by atoms with E-state index in [2.05, 4.69) is 10.5 Å². The number of nitrogens with zero attached hydrogens (tertiary/aromatic N) is 1. The topological polar surface area (TPSA) is 58.5 Å². The van der Waals surface area contributed by atoms with Gasteiger partial charge in [-0.3, -0.25) is 4.79 Å². The minimum atomic E-state index is -0.337. The maximum atomic E-state index is 12.0. The van der Waals surface area contributed by atoms with Gasteiger partial charge in [-0.2, -0.15) is 0 Å². The van der Waals surface area contributed by atoms with Crippen molar-refractivity contribution < 1.29 is 4.79 Å². The monoisotopic (exact) mass is 240 g/mol. The lowest BCUT2D eigenvalue weighted by Gasteiger charge is -2.06. The second-order valence-electron chi connectivity index (χ2n) is 3.93. The molecule has 0 heterocycles. The molecule has 0 unspecified atom stereocenters. The number of nitrogens with one attached hydrogen (secondary N) is 1. The smallest absolute Gasteiger partial charge is 0.257 e. The molecule has 2 rings (SSSR count). The molecule has 0 aliphatic heterocycles. The maximum Gasteiger partial charge on any atom is 0.257 e. The SMILES string of the molecule is Cc1ccc(C(=O)Nc2ccccc2)c(N=O)c1. The van der Waals surface area contributed by atoms with Crippen molar-refractivity contribution in [2.75, 3.05) is 5.32 Å². The van der Waals surface area contributed by atoms with Gasteiger partial charge in [-0.05, 0) is 41.9 Å². The third-order valence-corrected chi connectivity index (χ3v) is 2.53. The summed E-state index contributed by atoms with van der Waals surface area (Å²) in [6.45, 7) is 1.84. The first kappa shape index (κ1) is 12.0. The fourth-order valence-corrected chi connectivity index (χ4v) is 1.63. The molecule has 0 saturated heterocycles. The number of rotatable bonds is 3. The zero-order chi connectivity index (χ0) is 13.0. The molecule has 2 aromatic carbocycles. The third-order valence-electron chi connectivity index (χ3n) is 2.53. The van der Waals surface area contributed by atoms with Crippen LogP contribution in [0.2, 0.25) is 0 Å². The van der Waals surface area contributed by atoms with E-state index >= 15 is 0 Å². The Kier molecular flexibility index (Phi) is 3.48. The third kappa shape index (κ3) is 2.60. The number of benzene rings is 2. The van der Waals surface area contributed by atoms with Gasteiger partial charge in [0.2, 0.25) is 0 Å². The number of carbonyl (C=O) groups is 1. The van der Waals surface area contributed by atoms with Gasteiger partial charge in [-0.15, -0.1) is 4.91 Å². The van der Waals surface area contributed by atoms with Crippen LogP contribution in [0.5, 0.6) is 0 Å². The molecular formula is C14H12N2O2. The highest BCUT2D eigenvalue weighted by Gasteiger charge is 2.12. The predicted octanol–water partition coefficient (Wildman–Crippen LogP) is 3.65. The molecule has 0 fully saturated rings. The molecule has 0 aliphatic rings. The molecule has 0 aromatic heterocycles. The largest absolute Gasteiger partial charge is 0.322 e. The van der Waals surface area contributed by atoms with Crippen molar-refractivity contribution in [3.8, 4) is 0 Å². The number of nitroso groups, excluding NO2 is 1. The first-order valence-electron chi connectivity index (χ1n) is 5.51. The molecule has 0 atom stereocenters. The van der Waals surface area contributed by atoms with Crippen LogP contribution in [0, 0.1) is 11.8 Å². The summed E-state index contributed by atoms with van der Waals surface area (Å²) in [5.41, 5.74) is 2.00. The minimum absolute atomic E-state index is 0.156. The van der Waals surface area contributed by atoms with E-state index in [0.717, 1.165) is 5.56 Å². The van der Waals surface area contributed by atoms with Crippen LogP contribution in [0.15, 0.2) is 53.7 Å². The number of hydrogen-bond donors (Lipinski definition) is 1. The van der Waals surface area contributed by atoms with E-state index in [9.17, 15) is 9.70 Å². The highest BCUT2D eigenvalue weighted by molar-refractivity contribution is 6.07. The summed E-state index contributed by atoms with van der Waals surface area (Å²) >= 11 is 0. The number of amides is 1. The lowest BCUT2D eigenvalue weighted by molar-refractivity contribution is 0.102. The molecule has 4 nitrogen and oxygen atoms in total. The molecule has 1 N–H and O–H groups in total. The summed E-state index contributed by atoms with van der Waals surface area (Å²) in [7, 11) is 0. The average molecular weight is 240 g/mol. The molecule has 1 amide bonds. The second-order valence-corrected chi connectivity index (χ2v) is 3.93. The van der Waals surface area contributed by atoms with Gasteiger partial charge in [0.25, 0.3) is 5.91 Å². The molecule has 0 radical (unpaired) electrons. The van der Waals surface area contributed by atoms with Crippen molar-refractivity contribution in [2.24, 2.45) is 5.18 Å². The molecule has 18 heavy (non-hydrogen) atoms. The van der Waals surface area contributed by atoms with E-state index in [0.29, 0.717) is 5.69 Å². The number of para-hydroxylation sites is 1. The zero-order valence-corrected chi connectivity index (χ0v) is 9.88. The molecule has 0 bridgehead atoms. The first-order valence-corrected chi connectivity index (χ1v) is 5.51. The van der Waals surface area contributed by atoms with Gasteiger partial charge >= 0.3 is 0 Å². The van der Waals surface area contributed by atoms with Crippen LogP contribution in [-0.2, 0) is 0 Å². The lowest BCUT2D eigenvalue weighted by atomic mass is 10.1. The molecule has 2 aromatic rings. The van der Waals surface area contributed by atoms with Crippen molar-refractivity contribution in [1.82, 2.24) is 0 Å². The number of hydrogen-bond acceptors (Lipinski definition) is 3. The van der Waals surface area contributed by atoms with Crippen molar-refractivity contribution in [3.63, 3.8) is 0 Å². The molecule has 0 aliphatic carbocycles. The van der Waals surface area contributed by atoms with Gasteiger partial charge in [0, 0.05) is 5.69 Å². The van der Waals surface area contributed by atoms with Gasteiger partial charge < -0.3 is 5.32 Å². The summed E-state index contributed by atoms with van der Waals surface area (Å²) in [5, 5.41) is 5.60. The Morgan fingerprint density at radius 1 is 1.11 bits per heavy atom. The lowest BCUT2D eigenvalue weighted by Crippen LogP contribution is -2.11. The van der Waals surface area contributed by atoms with Crippen LogP contribution in [0.3, 0.4) is 0 Å². The van der Waals surface area contributed by atoms with E-state index in [1.807, 2.05) is 25.1 Å². The molecule has 4 heteroatoms. The summed E-state index contributed by atoms with van der Waals surface area (Å²) in [5.74, 6) is -0.337. The predicted molar refractivity (Wildman–Crippen MR) is 71.0 cm³/mol. The van der Waals surface area contributed by atoms with Crippen molar-refractivity contribution in [2.45, 2.75) is 6.92 Å². The van der Waals surface area contributed by atoms with Crippen LogP contribution in [0.25, 0.3) is 0 Å². The average Bonchev–Trinajstić information content (AvgIpc) is 2.39. The molecule has 0 saturated carbocycles. The van der Waals surface area contributed by atoms with Crippen LogP contribution in [0.4, 0.5) is 11.4 Å². The number of aryl methyl sites for hydroxylation is 1. The van der Waals surface area contributed by atoms with E-state index in [1.165, 1.54) is 0 Å². The van der Waals surface area contributed by atoms with Crippen LogP contribution in [-0.4, -0.2) is 5.91 Å². The van der Waals surface area contributed by atoms with E-state index in [4.69, 9.17) is 0 Å². The summed E-state index contributed by atoms with van der Waals surface area (Å²) in [4.78, 5) is 22.7. The first-order chi connectivity index (χ1) is 8.70. The van der Waals surface area contributed by atoms with Gasteiger partial charge in [0.05, 0.1) is 5.56 Å². The molecule has 0 spiro atoms. The van der Waals surface area contributed by atoms with Gasteiger partial charge in [-0.25, -0.2) is 0 Å². The zero-order valence-electron chi connectivity index (χ0n) is 9.88. The second kappa shape index (κ2) is 5.23. The summed E-state index contributed by atoms with van der Waals surface area (Å²) < 4.78 is 0. The van der Waals surface area contributed by atoms with E-state index in [-0.39, 0.29) is 17.2 Å². The summed E-state index contributed by atoms with van der Waals surface area (Å²) in [6.07, 6.45) is 0. The standard InChI is InChI=1S/C14H12N2O2/c1-10-7-8-12(13(9-10)16-18)14(17)15-11-5-3-2-4-6-11/h2-9H,1H3,(H,15,17). The van der Waals surface area contributed by atoms with Gasteiger partial charge in [-0.1, -0.05) is 24.3 Å². The van der Waals surface area contributed by atoms with Crippen molar-refractivity contribution in [3.05, 3.63) is 64.6 Å². The Morgan fingerprint density at radius 3 is 2.50 bits per heavy atom. The molecule has 90 valence electrons. The Hall–Kier alpha value is -2.49. The summed E-state index contributed by atoms with van der Waals surface area (Å²) in [6, 6.07) is 14.0. The Morgan fingerprint density at radius 2 is 1.83 bits per heavy atom. The van der Waals surface area contributed by atoms with Crippen LogP contribution < -0.4 is 5.32 Å². The van der Waals surface area contributed by atoms with E-state index in [1.54, 1.807) is 30.3 Å². The Balaban J connectivity index is 2.27. The fraction of sp³-hybridized carbons (Fsp3) is 0.0714. The highest BCUT2D eigenvalue weighted by Crippen LogP contribution is 2.21. The number of carbonyl (C=O) groups excluding carboxylic acids is 1. The van der Waals surface area contributed by atoms with Crippen molar-refractivity contribution >= 4 is 17.3 Å². The van der Waals surface area contributed by atoms with Gasteiger partial charge in [0.1, 0.15) is 5.69 Å². The minimum Gasteiger partial charge on any atom is -0.322 e. The normalized spacial score (nSPS) is 9.83. The fourth-order valence-electron chi connectivity index (χ4n) is 1.63. The van der Waals surface area contributed by atoms with E-state index < -0.39 is 0 Å². The Bertz CT molecular complexity index is 580. The van der Waals surface area contributed by atoms with Gasteiger partial charge in [0.15, 0.2) is 0 Å². The quantitative estimate of drug-likeness (QED) is 0.832. The van der Waals surface area contributed by atoms with Crippen molar-refractivity contribution in [1.29, 1.82) is 0 Å². The van der Waals surface area contributed by atoms with Crippen LogP contribution in [0.1, 0.15) is 15.9 Å². The molecular weight excluding hydrogens is 228 g/mol. The van der Waals surface area contributed by atoms with Crippen LogP contribution >= 0.6 is 0 Å². The Labute approximate surface area is 105 Å². The maximum absolute atomic E-state index is 12.0.